The highest BCUT2D eigenvalue weighted by Crippen LogP contribution is 2.31. The molecule has 2 heterocycles. The van der Waals surface area contributed by atoms with E-state index >= 15 is 0 Å². The molecule has 2 N–H and O–H groups in total. The molecule has 0 spiro atoms. The predicted molar refractivity (Wildman–Crippen MR) is 117 cm³/mol. The zero-order chi connectivity index (χ0) is 21.6. The molecule has 31 heavy (non-hydrogen) atoms. The van der Waals surface area contributed by atoms with Crippen molar-refractivity contribution < 1.29 is 19.1 Å². The molecule has 0 atom stereocenters. The van der Waals surface area contributed by atoms with Gasteiger partial charge in [0.2, 0.25) is 0 Å². The molecule has 0 saturated heterocycles. The molecule has 7 nitrogen and oxygen atoms in total. The number of benzene rings is 1. The number of hydrogen-bond acceptors (Lipinski definition) is 6. The van der Waals surface area contributed by atoms with Crippen molar-refractivity contribution >= 4 is 23.2 Å². The predicted octanol–water partition coefficient (Wildman–Crippen LogP) is 3.68. The number of nitrogens with one attached hydrogen (secondary N) is 2. The lowest BCUT2D eigenvalue weighted by atomic mass is 10.2. The maximum atomic E-state index is 12.5. The Bertz CT molecular complexity index is 1060. The third kappa shape index (κ3) is 5.03. The van der Waals surface area contributed by atoms with Gasteiger partial charge in [-0.25, -0.2) is 0 Å². The fraction of sp³-hybridized carbons (Fsp3) is 0.261. The molecule has 2 amide bonds. The van der Waals surface area contributed by atoms with Gasteiger partial charge in [-0.05, 0) is 73.7 Å². The average Bonchev–Trinajstić information content (AvgIpc) is 3.40. The molecular weight excluding hydrogens is 414 g/mol. The van der Waals surface area contributed by atoms with Gasteiger partial charge in [0.25, 0.3) is 11.8 Å². The molecule has 0 aliphatic heterocycles. The maximum absolute atomic E-state index is 12.5. The number of thiophene rings is 1. The van der Waals surface area contributed by atoms with E-state index < -0.39 is 5.91 Å². The molecule has 0 saturated carbocycles. The fourth-order valence-corrected chi connectivity index (χ4v) is 4.51. The van der Waals surface area contributed by atoms with E-state index in [0.29, 0.717) is 35.2 Å². The van der Waals surface area contributed by atoms with Crippen molar-refractivity contribution in [3.8, 4) is 11.5 Å². The zero-order valence-corrected chi connectivity index (χ0v) is 18.0. The van der Waals surface area contributed by atoms with Crippen LogP contribution in [-0.2, 0) is 19.4 Å². The van der Waals surface area contributed by atoms with Gasteiger partial charge >= 0.3 is 0 Å². The molecule has 1 aliphatic carbocycles. The van der Waals surface area contributed by atoms with Gasteiger partial charge in [-0.3, -0.25) is 25.4 Å². The molecule has 0 radical (unpaired) electrons. The number of hydrazine groups is 1. The second kappa shape index (κ2) is 9.61. The normalized spacial score (nSPS) is 12.2. The molecule has 0 unspecified atom stereocenters. The first-order valence-corrected chi connectivity index (χ1v) is 11.0. The summed E-state index contributed by atoms with van der Waals surface area (Å²) in [4.78, 5) is 30.8. The van der Waals surface area contributed by atoms with Gasteiger partial charge in [-0.2, -0.15) is 0 Å². The molecule has 4 rings (SSSR count). The third-order valence-corrected chi connectivity index (χ3v) is 6.15. The van der Waals surface area contributed by atoms with E-state index in [1.165, 1.54) is 21.8 Å². The number of pyridine rings is 1. The molecule has 1 aromatic carbocycles. The van der Waals surface area contributed by atoms with E-state index in [4.69, 9.17) is 9.47 Å². The number of hydrogen-bond donors (Lipinski definition) is 2. The first kappa shape index (κ1) is 20.9. The van der Waals surface area contributed by atoms with Gasteiger partial charge in [0.1, 0.15) is 6.61 Å². The smallest absolute Gasteiger partial charge is 0.279 e. The van der Waals surface area contributed by atoms with Crippen molar-refractivity contribution in [2.24, 2.45) is 0 Å². The largest absolute Gasteiger partial charge is 0.490 e. The van der Waals surface area contributed by atoms with E-state index in [2.05, 4.69) is 15.8 Å². The topological polar surface area (TPSA) is 89.6 Å². The van der Waals surface area contributed by atoms with Crippen molar-refractivity contribution in [2.75, 3.05) is 6.61 Å². The summed E-state index contributed by atoms with van der Waals surface area (Å²) in [5.74, 6) is 0.256. The van der Waals surface area contributed by atoms with E-state index in [9.17, 15) is 9.59 Å². The summed E-state index contributed by atoms with van der Waals surface area (Å²) in [6, 6.07) is 10.6. The summed E-state index contributed by atoms with van der Waals surface area (Å²) in [5, 5.41) is 0. The van der Waals surface area contributed by atoms with Crippen LogP contribution in [0.1, 0.15) is 49.4 Å². The Hall–Kier alpha value is -3.39. The Morgan fingerprint density at radius 1 is 1.00 bits per heavy atom. The van der Waals surface area contributed by atoms with Crippen molar-refractivity contribution in [1.82, 2.24) is 15.8 Å². The summed E-state index contributed by atoms with van der Waals surface area (Å²) in [6.45, 7) is 2.64. The lowest BCUT2D eigenvalue weighted by Gasteiger charge is -2.13. The number of aromatic nitrogens is 1. The first-order chi connectivity index (χ1) is 15.1. The minimum absolute atomic E-state index is 0.310. The number of carbonyl (C=O) groups is 2. The number of amides is 2. The van der Waals surface area contributed by atoms with Crippen molar-refractivity contribution in [3.05, 3.63) is 75.2 Å². The van der Waals surface area contributed by atoms with Crippen LogP contribution in [0.3, 0.4) is 0 Å². The molecule has 1 aliphatic rings. The lowest BCUT2D eigenvalue weighted by Crippen LogP contribution is -2.41. The van der Waals surface area contributed by atoms with Crippen LogP contribution in [-0.4, -0.2) is 23.4 Å². The number of nitrogens with zero attached hydrogens (tertiary/aromatic N) is 1. The van der Waals surface area contributed by atoms with E-state index in [1.54, 1.807) is 30.6 Å². The van der Waals surface area contributed by atoms with Crippen molar-refractivity contribution in [1.29, 1.82) is 0 Å². The lowest BCUT2D eigenvalue weighted by molar-refractivity contribution is 0.0848. The van der Waals surface area contributed by atoms with Crippen LogP contribution < -0.4 is 20.3 Å². The minimum Gasteiger partial charge on any atom is -0.490 e. The Morgan fingerprint density at radius 3 is 2.58 bits per heavy atom. The number of fused-ring (bicyclic) bond motifs is 1. The molecule has 8 heteroatoms. The van der Waals surface area contributed by atoms with Gasteiger partial charge in [0.15, 0.2) is 11.5 Å². The van der Waals surface area contributed by atoms with Crippen LogP contribution in [0.25, 0.3) is 0 Å². The van der Waals surface area contributed by atoms with Crippen LogP contribution in [0.5, 0.6) is 11.5 Å². The molecular formula is C23H23N3O4S. The van der Waals surface area contributed by atoms with Crippen LogP contribution in [0.15, 0.2) is 48.8 Å². The highest BCUT2D eigenvalue weighted by Gasteiger charge is 2.19. The van der Waals surface area contributed by atoms with Gasteiger partial charge < -0.3 is 9.47 Å². The Balaban J connectivity index is 1.38. The SMILES string of the molecule is CCOc1cc(C(=O)NNC(=O)c2cc3c(s2)CCC3)ccc1OCc1ccncc1. The number of aryl methyl sites for hydroxylation is 2. The molecule has 160 valence electrons. The van der Waals surface area contributed by atoms with Gasteiger partial charge in [-0.1, -0.05) is 0 Å². The highest BCUT2D eigenvalue weighted by atomic mass is 32.1. The standard InChI is InChI=1S/C23H23N3O4S/c1-2-29-19-12-17(6-7-18(19)30-14-15-8-10-24-11-9-15)22(27)25-26-23(28)21-13-16-4-3-5-20(16)31-21/h6-13H,2-5,14H2,1H3,(H,25,27)(H,26,28). The van der Waals surface area contributed by atoms with Crippen LogP contribution in [0.2, 0.25) is 0 Å². The Labute approximate surface area is 184 Å². The molecule has 3 aromatic rings. The summed E-state index contributed by atoms with van der Waals surface area (Å²) in [6.07, 6.45) is 6.59. The van der Waals surface area contributed by atoms with Gasteiger partial charge in [0, 0.05) is 22.8 Å². The van der Waals surface area contributed by atoms with E-state index in [1.807, 2.05) is 25.1 Å². The fourth-order valence-electron chi connectivity index (χ4n) is 3.37. The summed E-state index contributed by atoms with van der Waals surface area (Å²) in [7, 11) is 0. The van der Waals surface area contributed by atoms with Crippen LogP contribution in [0.4, 0.5) is 0 Å². The van der Waals surface area contributed by atoms with E-state index in [0.717, 1.165) is 24.8 Å². The average molecular weight is 438 g/mol. The zero-order valence-electron chi connectivity index (χ0n) is 17.1. The van der Waals surface area contributed by atoms with Gasteiger partial charge in [-0.15, -0.1) is 11.3 Å². The molecule has 0 bridgehead atoms. The monoisotopic (exact) mass is 437 g/mol. The van der Waals surface area contributed by atoms with Crippen LogP contribution >= 0.6 is 11.3 Å². The quantitative estimate of drug-likeness (QED) is 0.551. The maximum Gasteiger partial charge on any atom is 0.279 e. The second-order valence-corrected chi connectivity index (χ2v) is 8.20. The number of ether oxygens (including phenoxy) is 2. The summed E-state index contributed by atoms with van der Waals surface area (Å²) in [5.41, 5.74) is 7.54. The minimum atomic E-state index is -0.431. The van der Waals surface area contributed by atoms with E-state index in [-0.39, 0.29) is 5.91 Å². The Morgan fingerprint density at radius 2 is 1.81 bits per heavy atom. The number of carbonyl (C=O) groups excluding carboxylic acids is 2. The van der Waals surface area contributed by atoms with Crippen molar-refractivity contribution in [3.63, 3.8) is 0 Å². The Kier molecular flexibility index (Phi) is 6.47. The first-order valence-electron chi connectivity index (χ1n) is 10.1. The van der Waals surface area contributed by atoms with Gasteiger partial charge in [0.05, 0.1) is 11.5 Å². The summed E-state index contributed by atoms with van der Waals surface area (Å²) >= 11 is 1.49. The van der Waals surface area contributed by atoms with Crippen LogP contribution in [0, 0.1) is 0 Å². The van der Waals surface area contributed by atoms with Crippen molar-refractivity contribution in [2.45, 2.75) is 32.8 Å². The summed E-state index contributed by atoms with van der Waals surface area (Å²) < 4.78 is 11.5. The highest BCUT2D eigenvalue weighted by molar-refractivity contribution is 7.14. The molecule has 0 fully saturated rings. The second-order valence-electron chi connectivity index (χ2n) is 7.06. The number of rotatable bonds is 7. The third-order valence-electron chi connectivity index (χ3n) is 4.91. The molecule has 2 aromatic heterocycles.